The van der Waals surface area contributed by atoms with E-state index in [1.807, 2.05) is 27.8 Å². The summed E-state index contributed by atoms with van der Waals surface area (Å²) in [5, 5.41) is 14.9. The van der Waals surface area contributed by atoms with Crippen molar-refractivity contribution in [1.82, 2.24) is 15.3 Å². The van der Waals surface area contributed by atoms with E-state index in [4.69, 9.17) is 5.11 Å². The first-order valence-electron chi connectivity index (χ1n) is 7.60. The number of nitrogens with zero attached hydrogens (tertiary/aromatic N) is 3. The van der Waals surface area contributed by atoms with Crippen LogP contribution in [-0.4, -0.2) is 53.8 Å². The zero-order valence-electron chi connectivity index (χ0n) is 13.8. The Bertz CT molecular complexity index is 467. The van der Waals surface area contributed by atoms with Gasteiger partial charge in [-0.2, -0.15) is 4.98 Å². The van der Waals surface area contributed by atoms with E-state index in [-0.39, 0.29) is 31.0 Å². The summed E-state index contributed by atoms with van der Waals surface area (Å²) < 4.78 is 0. The highest BCUT2D eigenvalue weighted by molar-refractivity contribution is 5.80. The lowest BCUT2D eigenvalue weighted by Gasteiger charge is -2.19. The summed E-state index contributed by atoms with van der Waals surface area (Å²) >= 11 is 0. The van der Waals surface area contributed by atoms with Crippen LogP contribution in [0.2, 0.25) is 0 Å². The normalized spacial score (nSPS) is 12.1. The Hall–Kier alpha value is -1.89. The number of aromatic nitrogens is 2. The van der Waals surface area contributed by atoms with Crippen LogP contribution in [0.1, 0.15) is 27.2 Å². The van der Waals surface area contributed by atoms with Gasteiger partial charge in [-0.1, -0.05) is 6.92 Å². The first kappa shape index (κ1) is 18.2. The molecule has 3 N–H and O–H groups in total. The molecule has 0 spiro atoms. The Labute approximate surface area is 132 Å². The summed E-state index contributed by atoms with van der Waals surface area (Å²) in [5.74, 6) is 1.38. The lowest BCUT2D eigenvalue weighted by Crippen LogP contribution is -2.36. The Morgan fingerprint density at radius 3 is 2.77 bits per heavy atom. The molecule has 0 aromatic carbocycles. The largest absolute Gasteiger partial charge is 0.396 e. The Balaban J connectivity index is 2.47. The molecule has 0 aliphatic heterocycles. The molecule has 0 aliphatic carbocycles. The molecule has 1 atom stereocenters. The van der Waals surface area contributed by atoms with Gasteiger partial charge in [0.1, 0.15) is 5.82 Å². The fourth-order valence-electron chi connectivity index (χ4n) is 1.79. The van der Waals surface area contributed by atoms with Crippen molar-refractivity contribution in [3.8, 4) is 0 Å². The zero-order valence-corrected chi connectivity index (χ0v) is 13.8. The minimum absolute atomic E-state index is 0.0652. The molecule has 0 bridgehead atoms. The maximum atomic E-state index is 11.9. The molecule has 7 nitrogen and oxygen atoms in total. The number of amides is 1. The van der Waals surface area contributed by atoms with E-state index in [1.54, 1.807) is 17.2 Å². The molecule has 0 fully saturated rings. The molecule has 1 aromatic heterocycles. The van der Waals surface area contributed by atoms with Crippen LogP contribution in [0.4, 0.5) is 11.8 Å². The molecule has 0 aliphatic rings. The number of likely N-dealkylation sites (N-methyl/N-ethyl adjacent to an activating group) is 1. The number of carbonyl (C=O) groups excluding carboxylic acids is 1. The third-order valence-electron chi connectivity index (χ3n) is 3.10. The first-order chi connectivity index (χ1) is 10.4. The van der Waals surface area contributed by atoms with Crippen molar-refractivity contribution in [2.45, 2.75) is 33.2 Å². The highest BCUT2D eigenvalue weighted by atomic mass is 16.3. The van der Waals surface area contributed by atoms with Gasteiger partial charge in [-0.3, -0.25) is 4.79 Å². The molecule has 22 heavy (non-hydrogen) atoms. The van der Waals surface area contributed by atoms with E-state index < -0.39 is 0 Å². The number of nitrogens with one attached hydrogen (secondary N) is 2. The molecule has 1 amide bonds. The van der Waals surface area contributed by atoms with Crippen molar-refractivity contribution in [3.63, 3.8) is 0 Å². The molecule has 7 heteroatoms. The Morgan fingerprint density at radius 1 is 1.41 bits per heavy atom. The molecule has 1 heterocycles. The molecule has 1 unspecified atom stereocenters. The van der Waals surface area contributed by atoms with Gasteiger partial charge in [0.05, 0.1) is 6.54 Å². The molecular weight excluding hydrogens is 282 g/mol. The van der Waals surface area contributed by atoms with Gasteiger partial charge >= 0.3 is 0 Å². The third kappa shape index (κ3) is 6.71. The van der Waals surface area contributed by atoms with Crippen LogP contribution >= 0.6 is 0 Å². The minimum Gasteiger partial charge on any atom is -0.396 e. The van der Waals surface area contributed by atoms with Crippen LogP contribution in [0.15, 0.2) is 12.3 Å². The monoisotopic (exact) mass is 309 g/mol. The fraction of sp³-hybridized carbons (Fsp3) is 0.667. The molecule has 1 rings (SSSR count). The van der Waals surface area contributed by atoms with E-state index in [2.05, 4.69) is 20.6 Å². The molecule has 0 saturated heterocycles. The minimum atomic E-state index is -0.0652. The molecule has 124 valence electrons. The Kier molecular flexibility index (Phi) is 7.59. The van der Waals surface area contributed by atoms with E-state index in [1.165, 1.54) is 0 Å². The second-order valence-corrected chi connectivity index (χ2v) is 5.82. The van der Waals surface area contributed by atoms with Crippen LogP contribution in [0.5, 0.6) is 0 Å². The smallest absolute Gasteiger partial charge is 0.239 e. The number of anilines is 2. The zero-order chi connectivity index (χ0) is 16.5. The van der Waals surface area contributed by atoms with E-state index in [9.17, 15) is 4.79 Å². The second-order valence-electron chi connectivity index (χ2n) is 5.82. The maximum absolute atomic E-state index is 11.9. The van der Waals surface area contributed by atoms with Crippen molar-refractivity contribution < 1.29 is 9.90 Å². The van der Waals surface area contributed by atoms with Crippen LogP contribution < -0.4 is 15.5 Å². The standard InChI is InChI=1S/C15H27N5O2/c1-11(2)18-15-17-8-6-13(19-15)20(4)9-14(22)16-7-5-12(3)10-21/h6,8,11-12,21H,5,7,9-10H2,1-4H3,(H,16,22)(H,17,18,19). The number of hydrogen-bond donors (Lipinski definition) is 3. The van der Waals surface area contributed by atoms with E-state index >= 15 is 0 Å². The predicted octanol–water partition coefficient (Wildman–Crippen LogP) is 0.868. The number of carbonyl (C=O) groups is 1. The van der Waals surface area contributed by atoms with Crippen molar-refractivity contribution >= 4 is 17.7 Å². The van der Waals surface area contributed by atoms with E-state index in [0.717, 1.165) is 6.42 Å². The first-order valence-corrected chi connectivity index (χ1v) is 7.60. The SMILES string of the molecule is CC(CO)CCNC(=O)CN(C)c1ccnc(NC(C)C)n1. The molecule has 0 saturated carbocycles. The van der Waals surface area contributed by atoms with Crippen molar-refractivity contribution in [2.24, 2.45) is 5.92 Å². The van der Waals surface area contributed by atoms with Crippen LogP contribution in [-0.2, 0) is 4.79 Å². The fourth-order valence-corrected chi connectivity index (χ4v) is 1.79. The van der Waals surface area contributed by atoms with Crippen LogP contribution in [0.25, 0.3) is 0 Å². The number of hydrogen-bond acceptors (Lipinski definition) is 6. The van der Waals surface area contributed by atoms with Gasteiger partial charge in [0.2, 0.25) is 11.9 Å². The topological polar surface area (TPSA) is 90.4 Å². The maximum Gasteiger partial charge on any atom is 0.239 e. The average Bonchev–Trinajstić information content (AvgIpc) is 2.46. The summed E-state index contributed by atoms with van der Waals surface area (Å²) in [6, 6.07) is 2.02. The lowest BCUT2D eigenvalue weighted by molar-refractivity contribution is -0.119. The van der Waals surface area contributed by atoms with Crippen molar-refractivity contribution in [3.05, 3.63) is 12.3 Å². The highest BCUT2D eigenvalue weighted by Crippen LogP contribution is 2.10. The van der Waals surface area contributed by atoms with Gasteiger partial charge in [0.25, 0.3) is 0 Å². The second kappa shape index (κ2) is 9.19. The van der Waals surface area contributed by atoms with Gasteiger partial charge in [0, 0.05) is 32.4 Å². The van der Waals surface area contributed by atoms with Gasteiger partial charge < -0.3 is 20.6 Å². The number of aliphatic hydroxyl groups is 1. The van der Waals surface area contributed by atoms with Crippen LogP contribution in [0.3, 0.4) is 0 Å². The highest BCUT2D eigenvalue weighted by Gasteiger charge is 2.10. The number of rotatable bonds is 9. The predicted molar refractivity (Wildman–Crippen MR) is 87.9 cm³/mol. The lowest BCUT2D eigenvalue weighted by atomic mass is 10.1. The van der Waals surface area contributed by atoms with E-state index in [0.29, 0.717) is 18.3 Å². The Morgan fingerprint density at radius 2 is 2.14 bits per heavy atom. The van der Waals surface area contributed by atoms with Gasteiger partial charge in [-0.05, 0) is 32.3 Å². The summed E-state index contributed by atoms with van der Waals surface area (Å²) in [4.78, 5) is 22.2. The number of aliphatic hydroxyl groups excluding tert-OH is 1. The summed E-state index contributed by atoms with van der Waals surface area (Å²) in [6.07, 6.45) is 2.44. The summed E-state index contributed by atoms with van der Waals surface area (Å²) in [7, 11) is 1.82. The third-order valence-corrected chi connectivity index (χ3v) is 3.10. The molecule has 0 radical (unpaired) electrons. The van der Waals surface area contributed by atoms with Gasteiger partial charge in [-0.25, -0.2) is 4.98 Å². The van der Waals surface area contributed by atoms with Crippen LogP contribution in [0, 0.1) is 5.92 Å². The van der Waals surface area contributed by atoms with Gasteiger partial charge in [-0.15, -0.1) is 0 Å². The van der Waals surface area contributed by atoms with Gasteiger partial charge in [0.15, 0.2) is 0 Å². The summed E-state index contributed by atoms with van der Waals surface area (Å²) in [5.41, 5.74) is 0. The average molecular weight is 309 g/mol. The van der Waals surface area contributed by atoms with Crippen molar-refractivity contribution in [2.75, 3.05) is 37.0 Å². The summed E-state index contributed by atoms with van der Waals surface area (Å²) in [6.45, 7) is 6.91. The molecule has 1 aromatic rings. The molecular formula is C15H27N5O2. The quantitative estimate of drug-likeness (QED) is 0.627. The van der Waals surface area contributed by atoms with Crippen molar-refractivity contribution in [1.29, 1.82) is 0 Å².